The molecule has 1 N–H and O–H groups in total. The van der Waals surface area contributed by atoms with Crippen molar-refractivity contribution >= 4 is 11.3 Å². The Bertz CT molecular complexity index is 543. The van der Waals surface area contributed by atoms with Gasteiger partial charge in [-0.1, -0.05) is 19.9 Å². The molecule has 0 amide bonds. The number of pyridine rings is 1. The van der Waals surface area contributed by atoms with Crippen LogP contribution in [0.5, 0.6) is 0 Å². The van der Waals surface area contributed by atoms with E-state index in [4.69, 9.17) is 0 Å². The van der Waals surface area contributed by atoms with Crippen molar-refractivity contribution in [3.63, 3.8) is 0 Å². The fourth-order valence-corrected chi connectivity index (χ4v) is 3.36. The van der Waals surface area contributed by atoms with E-state index < -0.39 is 0 Å². The molecule has 0 spiro atoms. The Kier molecular flexibility index (Phi) is 5.26. The molecule has 2 aromatic rings. The normalized spacial score (nSPS) is 12.6. The molecule has 0 aromatic carbocycles. The predicted octanol–water partition coefficient (Wildman–Crippen LogP) is 3.61. The van der Waals surface area contributed by atoms with Crippen LogP contribution in [0.25, 0.3) is 0 Å². The van der Waals surface area contributed by atoms with Crippen molar-refractivity contribution < 1.29 is 0 Å². The highest BCUT2D eigenvalue weighted by atomic mass is 32.1. The lowest BCUT2D eigenvalue weighted by molar-refractivity contribution is 0.531. The van der Waals surface area contributed by atoms with Gasteiger partial charge in [0.25, 0.3) is 0 Å². The van der Waals surface area contributed by atoms with E-state index in [-0.39, 0.29) is 6.04 Å². The van der Waals surface area contributed by atoms with E-state index in [1.807, 2.05) is 12.3 Å². The third-order valence-electron chi connectivity index (χ3n) is 3.54. The van der Waals surface area contributed by atoms with Crippen LogP contribution in [0.4, 0.5) is 0 Å². The van der Waals surface area contributed by atoms with Gasteiger partial charge in [-0.2, -0.15) is 0 Å². The highest BCUT2D eigenvalue weighted by molar-refractivity contribution is 7.11. The Morgan fingerprint density at radius 1 is 1.30 bits per heavy atom. The van der Waals surface area contributed by atoms with Gasteiger partial charge in [0.1, 0.15) is 0 Å². The SMILES string of the molecule is CCNC(Cc1nc(C)c(C)s1)c1ncccc1CC. The quantitative estimate of drug-likeness (QED) is 0.882. The summed E-state index contributed by atoms with van der Waals surface area (Å²) >= 11 is 1.80. The second-order valence-electron chi connectivity index (χ2n) is 4.96. The van der Waals surface area contributed by atoms with Gasteiger partial charge in [-0.05, 0) is 38.4 Å². The minimum absolute atomic E-state index is 0.251. The summed E-state index contributed by atoms with van der Waals surface area (Å²) in [4.78, 5) is 10.6. The lowest BCUT2D eigenvalue weighted by atomic mass is 10.0. The van der Waals surface area contributed by atoms with Crippen molar-refractivity contribution in [1.29, 1.82) is 0 Å². The van der Waals surface area contributed by atoms with E-state index in [0.717, 1.165) is 25.1 Å². The third-order valence-corrected chi connectivity index (χ3v) is 4.63. The molecular weight excluding hydrogens is 266 g/mol. The molecule has 108 valence electrons. The topological polar surface area (TPSA) is 37.8 Å². The molecular formula is C16H23N3S. The van der Waals surface area contributed by atoms with Crippen LogP contribution >= 0.6 is 11.3 Å². The van der Waals surface area contributed by atoms with Crippen molar-refractivity contribution in [2.75, 3.05) is 6.54 Å². The Labute approximate surface area is 125 Å². The number of aryl methyl sites for hydroxylation is 3. The van der Waals surface area contributed by atoms with Gasteiger partial charge in [-0.25, -0.2) is 4.98 Å². The highest BCUT2D eigenvalue weighted by Crippen LogP contribution is 2.24. The maximum Gasteiger partial charge on any atom is 0.0950 e. The standard InChI is InChI=1S/C16H23N3S/c1-5-13-8-7-9-18-16(13)14(17-6-2)10-15-19-11(3)12(4)20-15/h7-9,14,17H,5-6,10H2,1-4H3. The minimum Gasteiger partial charge on any atom is -0.309 e. The Morgan fingerprint density at radius 2 is 2.10 bits per heavy atom. The molecule has 4 heteroatoms. The van der Waals surface area contributed by atoms with Crippen molar-refractivity contribution in [2.24, 2.45) is 0 Å². The van der Waals surface area contributed by atoms with Crippen LogP contribution < -0.4 is 5.32 Å². The van der Waals surface area contributed by atoms with Gasteiger partial charge in [-0.3, -0.25) is 4.98 Å². The summed E-state index contributed by atoms with van der Waals surface area (Å²) in [6, 6.07) is 4.44. The number of nitrogens with zero attached hydrogens (tertiary/aromatic N) is 2. The molecule has 0 aliphatic heterocycles. The number of thiazole rings is 1. The predicted molar refractivity (Wildman–Crippen MR) is 85.3 cm³/mol. The van der Waals surface area contributed by atoms with E-state index in [1.165, 1.54) is 21.1 Å². The summed E-state index contributed by atoms with van der Waals surface area (Å²) in [5.41, 5.74) is 3.64. The molecule has 0 fully saturated rings. The average molecular weight is 289 g/mol. The smallest absolute Gasteiger partial charge is 0.0950 e. The molecule has 0 radical (unpaired) electrons. The van der Waals surface area contributed by atoms with Crippen molar-refractivity contribution in [2.45, 2.75) is 46.6 Å². The van der Waals surface area contributed by atoms with E-state index in [0.29, 0.717) is 0 Å². The van der Waals surface area contributed by atoms with Crippen LogP contribution in [-0.4, -0.2) is 16.5 Å². The monoisotopic (exact) mass is 289 g/mol. The number of likely N-dealkylation sites (N-methyl/N-ethyl adjacent to an activating group) is 1. The zero-order valence-corrected chi connectivity index (χ0v) is 13.5. The molecule has 0 bridgehead atoms. The molecule has 0 aliphatic carbocycles. The van der Waals surface area contributed by atoms with E-state index in [1.54, 1.807) is 11.3 Å². The molecule has 0 aliphatic rings. The summed E-state index contributed by atoms with van der Waals surface area (Å²) < 4.78 is 0. The molecule has 2 aromatic heterocycles. The van der Waals surface area contributed by atoms with Crippen molar-refractivity contribution in [3.05, 3.63) is 45.2 Å². The van der Waals surface area contributed by atoms with Crippen LogP contribution in [-0.2, 0) is 12.8 Å². The summed E-state index contributed by atoms with van der Waals surface area (Å²) in [6.45, 7) is 9.47. The van der Waals surface area contributed by atoms with Gasteiger partial charge in [-0.15, -0.1) is 11.3 Å². The molecule has 2 rings (SSSR count). The number of hydrogen-bond donors (Lipinski definition) is 1. The van der Waals surface area contributed by atoms with Gasteiger partial charge >= 0.3 is 0 Å². The van der Waals surface area contributed by atoms with Crippen molar-refractivity contribution in [3.8, 4) is 0 Å². The first-order chi connectivity index (χ1) is 9.65. The van der Waals surface area contributed by atoms with Gasteiger partial charge < -0.3 is 5.32 Å². The maximum atomic E-state index is 4.66. The zero-order chi connectivity index (χ0) is 14.5. The second kappa shape index (κ2) is 6.95. The van der Waals surface area contributed by atoms with Gasteiger partial charge in [0.05, 0.1) is 22.4 Å². The van der Waals surface area contributed by atoms with E-state index >= 15 is 0 Å². The molecule has 0 saturated heterocycles. The molecule has 2 heterocycles. The van der Waals surface area contributed by atoms with E-state index in [9.17, 15) is 0 Å². The summed E-state index contributed by atoms with van der Waals surface area (Å²) in [6.07, 6.45) is 3.81. The lowest BCUT2D eigenvalue weighted by Crippen LogP contribution is -2.25. The minimum atomic E-state index is 0.251. The van der Waals surface area contributed by atoms with Crippen LogP contribution in [0.2, 0.25) is 0 Å². The van der Waals surface area contributed by atoms with Gasteiger partial charge in [0, 0.05) is 17.5 Å². The Morgan fingerprint density at radius 3 is 2.70 bits per heavy atom. The average Bonchev–Trinajstić information content (AvgIpc) is 2.77. The number of nitrogens with one attached hydrogen (secondary N) is 1. The summed E-state index contributed by atoms with van der Waals surface area (Å²) in [5.74, 6) is 0. The lowest BCUT2D eigenvalue weighted by Gasteiger charge is -2.18. The first-order valence-electron chi connectivity index (χ1n) is 7.25. The Balaban J connectivity index is 2.26. The van der Waals surface area contributed by atoms with Crippen LogP contribution in [0.3, 0.4) is 0 Å². The fraction of sp³-hybridized carbons (Fsp3) is 0.500. The maximum absolute atomic E-state index is 4.66. The Hall–Kier alpha value is -1.26. The molecule has 3 nitrogen and oxygen atoms in total. The second-order valence-corrected chi connectivity index (χ2v) is 6.25. The largest absolute Gasteiger partial charge is 0.309 e. The zero-order valence-electron chi connectivity index (χ0n) is 12.7. The van der Waals surface area contributed by atoms with Crippen LogP contribution in [0, 0.1) is 13.8 Å². The third kappa shape index (κ3) is 3.44. The highest BCUT2D eigenvalue weighted by Gasteiger charge is 2.17. The molecule has 0 saturated carbocycles. The molecule has 1 atom stereocenters. The van der Waals surface area contributed by atoms with Gasteiger partial charge in [0.15, 0.2) is 0 Å². The number of aromatic nitrogens is 2. The van der Waals surface area contributed by atoms with Crippen LogP contribution in [0.15, 0.2) is 18.3 Å². The first-order valence-corrected chi connectivity index (χ1v) is 8.07. The fourth-order valence-electron chi connectivity index (χ4n) is 2.38. The molecule has 1 unspecified atom stereocenters. The number of hydrogen-bond acceptors (Lipinski definition) is 4. The first kappa shape index (κ1) is 15.1. The summed E-state index contributed by atoms with van der Waals surface area (Å²) in [5, 5.41) is 4.75. The van der Waals surface area contributed by atoms with Crippen LogP contribution in [0.1, 0.15) is 46.7 Å². The molecule has 20 heavy (non-hydrogen) atoms. The van der Waals surface area contributed by atoms with E-state index in [2.05, 4.69) is 49.0 Å². The van der Waals surface area contributed by atoms with Crippen molar-refractivity contribution in [1.82, 2.24) is 15.3 Å². The van der Waals surface area contributed by atoms with Gasteiger partial charge in [0.2, 0.25) is 0 Å². The summed E-state index contributed by atoms with van der Waals surface area (Å²) in [7, 11) is 0. The number of rotatable bonds is 6.